The molecule has 2 aromatic carbocycles. The third-order valence-electron chi connectivity index (χ3n) is 7.34. The number of carbonyl (C=O) groups excluding carboxylic acids is 1. The topological polar surface area (TPSA) is 153 Å². The van der Waals surface area contributed by atoms with Crippen LogP contribution in [0.15, 0.2) is 77.4 Å². The SMILES string of the molecule is CC(C)(/C=C(/C#N)C(=O)N1CC(n2c(=O)n(-c3ccc(Oc4ccccc4)cc3)c3c(N)ncnc32)C1)NC1COC1. The van der Waals surface area contributed by atoms with Crippen molar-refractivity contribution < 1.29 is 14.3 Å². The Kier molecular flexibility index (Phi) is 6.97. The number of para-hydroxylation sites is 1. The molecule has 12 nitrogen and oxygen atoms in total. The van der Waals surface area contributed by atoms with Crippen molar-refractivity contribution in [2.75, 3.05) is 32.0 Å². The van der Waals surface area contributed by atoms with Gasteiger partial charge in [-0.25, -0.2) is 14.8 Å². The number of fused-ring (bicyclic) bond motifs is 1. The van der Waals surface area contributed by atoms with Gasteiger partial charge in [-0.05, 0) is 56.3 Å². The average Bonchev–Trinajstić information content (AvgIpc) is 3.22. The molecule has 0 saturated carbocycles. The van der Waals surface area contributed by atoms with Crippen molar-refractivity contribution in [1.82, 2.24) is 29.3 Å². The number of nitriles is 1. The number of amides is 1. The van der Waals surface area contributed by atoms with E-state index in [4.69, 9.17) is 15.2 Å². The zero-order chi connectivity index (χ0) is 29.4. The quantitative estimate of drug-likeness (QED) is 0.242. The Morgan fingerprint density at radius 3 is 2.45 bits per heavy atom. The zero-order valence-electron chi connectivity index (χ0n) is 23.2. The van der Waals surface area contributed by atoms with E-state index < -0.39 is 5.54 Å². The van der Waals surface area contributed by atoms with Crippen LogP contribution in [0.1, 0.15) is 19.9 Å². The average molecular weight is 567 g/mol. The summed E-state index contributed by atoms with van der Waals surface area (Å²) in [6.07, 6.45) is 2.97. The number of carbonyl (C=O) groups is 1. The summed E-state index contributed by atoms with van der Waals surface area (Å²) in [7, 11) is 0. The van der Waals surface area contributed by atoms with Crippen LogP contribution in [0.2, 0.25) is 0 Å². The van der Waals surface area contributed by atoms with Crippen LogP contribution in [0.5, 0.6) is 11.5 Å². The Morgan fingerprint density at radius 2 is 1.81 bits per heavy atom. The molecule has 1 amide bonds. The largest absolute Gasteiger partial charge is 0.457 e. The first kappa shape index (κ1) is 27.2. The summed E-state index contributed by atoms with van der Waals surface area (Å²) in [5.41, 5.74) is 6.69. The fraction of sp³-hybridized carbons (Fsp3) is 0.300. The standard InChI is InChI=1S/C30H30N8O4/c1-30(2,35-20-16-41-17-20)12-19(13-31)28(39)36-14-22(15-36)38-27-25(26(32)33-18-34-27)37(29(38)40)21-8-10-24(11-9-21)42-23-6-4-3-5-7-23/h3-12,18,20,22,35H,14-17H2,1-2H3,(H2,32,33,34)/b19-12-. The number of nitrogens with two attached hydrogens (primary N) is 1. The zero-order valence-corrected chi connectivity index (χ0v) is 23.2. The molecule has 6 rings (SSSR count). The van der Waals surface area contributed by atoms with E-state index in [-0.39, 0.29) is 48.2 Å². The molecule has 12 heteroatoms. The second-order valence-electron chi connectivity index (χ2n) is 11.0. The summed E-state index contributed by atoms with van der Waals surface area (Å²) in [6, 6.07) is 18.3. The predicted octanol–water partition coefficient (Wildman–Crippen LogP) is 2.56. The van der Waals surface area contributed by atoms with Crippen LogP contribution in [0.25, 0.3) is 16.9 Å². The van der Waals surface area contributed by atoms with E-state index >= 15 is 0 Å². The number of anilines is 1. The van der Waals surface area contributed by atoms with Gasteiger partial charge in [-0.1, -0.05) is 18.2 Å². The summed E-state index contributed by atoms with van der Waals surface area (Å²) < 4.78 is 14.1. The van der Waals surface area contributed by atoms with Crippen molar-refractivity contribution in [3.63, 3.8) is 0 Å². The van der Waals surface area contributed by atoms with E-state index in [9.17, 15) is 14.9 Å². The van der Waals surface area contributed by atoms with Gasteiger partial charge in [-0.3, -0.25) is 13.9 Å². The van der Waals surface area contributed by atoms with Crippen LogP contribution < -0.4 is 21.5 Å². The lowest BCUT2D eigenvalue weighted by Crippen LogP contribution is -2.55. The molecule has 2 aromatic heterocycles. The maximum atomic E-state index is 13.8. The van der Waals surface area contributed by atoms with Gasteiger partial charge in [0.1, 0.15) is 35.0 Å². The van der Waals surface area contributed by atoms with Crippen molar-refractivity contribution in [2.45, 2.75) is 31.5 Å². The molecule has 0 spiro atoms. The number of ether oxygens (including phenoxy) is 2. The molecular weight excluding hydrogens is 536 g/mol. The molecule has 0 bridgehead atoms. The van der Waals surface area contributed by atoms with Gasteiger partial charge in [0, 0.05) is 18.6 Å². The van der Waals surface area contributed by atoms with Crippen LogP contribution in [-0.4, -0.2) is 67.8 Å². The monoisotopic (exact) mass is 566 g/mol. The molecule has 0 aliphatic carbocycles. The maximum Gasteiger partial charge on any atom is 0.335 e. The Morgan fingerprint density at radius 1 is 1.12 bits per heavy atom. The van der Waals surface area contributed by atoms with Gasteiger partial charge < -0.3 is 25.4 Å². The van der Waals surface area contributed by atoms with Crippen molar-refractivity contribution in [2.24, 2.45) is 0 Å². The van der Waals surface area contributed by atoms with E-state index in [1.807, 2.05) is 50.2 Å². The molecule has 42 heavy (non-hydrogen) atoms. The lowest BCUT2D eigenvalue weighted by molar-refractivity contribution is -0.132. The summed E-state index contributed by atoms with van der Waals surface area (Å²) in [5.74, 6) is 1.09. The van der Waals surface area contributed by atoms with Crippen LogP contribution in [0.3, 0.4) is 0 Å². The number of benzene rings is 2. The molecule has 2 aliphatic rings. The lowest BCUT2D eigenvalue weighted by atomic mass is 9.98. The van der Waals surface area contributed by atoms with E-state index in [1.54, 1.807) is 39.8 Å². The number of imidazole rings is 1. The van der Waals surface area contributed by atoms with E-state index in [0.29, 0.717) is 41.6 Å². The highest BCUT2D eigenvalue weighted by atomic mass is 16.5. The van der Waals surface area contributed by atoms with E-state index in [1.165, 1.54) is 10.9 Å². The van der Waals surface area contributed by atoms with Crippen molar-refractivity contribution in [3.05, 3.63) is 83.1 Å². The smallest absolute Gasteiger partial charge is 0.335 e. The molecule has 214 valence electrons. The molecule has 2 saturated heterocycles. The summed E-state index contributed by atoms with van der Waals surface area (Å²) in [6.45, 7) is 5.51. The number of nitrogen functional groups attached to an aromatic ring is 1. The Labute approximate surface area is 241 Å². The number of likely N-dealkylation sites (tertiary alicyclic amines) is 1. The van der Waals surface area contributed by atoms with Gasteiger partial charge >= 0.3 is 5.69 Å². The third-order valence-corrected chi connectivity index (χ3v) is 7.34. The summed E-state index contributed by atoms with van der Waals surface area (Å²) in [4.78, 5) is 37.1. The predicted molar refractivity (Wildman–Crippen MR) is 155 cm³/mol. The minimum Gasteiger partial charge on any atom is -0.457 e. The minimum atomic E-state index is -0.570. The number of hydrogen-bond donors (Lipinski definition) is 2. The second kappa shape index (κ2) is 10.8. The van der Waals surface area contributed by atoms with Crippen LogP contribution in [0, 0.1) is 11.3 Å². The number of nitrogens with zero attached hydrogens (tertiary/aromatic N) is 6. The van der Waals surface area contributed by atoms with Crippen molar-refractivity contribution in [3.8, 4) is 23.3 Å². The van der Waals surface area contributed by atoms with E-state index in [2.05, 4.69) is 15.3 Å². The Hall–Kier alpha value is -4.99. The van der Waals surface area contributed by atoms with Gasteiger partial charge in [0.15, 0.2) is 11.5 Å². The molecule has 4 aromatic rings. The molecule has 2 aliphatic heterocycles. The van der Waals surface area contributed by atoms with Crippen LogP contribution >= 0.6 is 0 Å². The minimum absolute atomic E-state index is 0.0466. The van der Waals surface area contributed by atoms with Gasteiger partial charge in [0.25, 0.3) is 5.91 Å². The van der Waals surface area contributed by atoms with Crippen LogP contribution in [-0.2, 0) is 9.53 Å². The highest BCUT2D eigenvalue weighted by molar-refractivity contribution is 5.98. The molecule has 2 fully saturated rings. The second-order valence-corrected chi connectivity index (χ2v) is 11.0. The first-order valence-corrected chi connectivity index (χ1v) is 13.6. The molecule has 3 N–H and O–H groups in total. The number of rotatable bonds is 8. The van der Waals surface area contributed by atoms with E-state index in [0.717, 1.165) is 0 Å². The number of aromatic nitrogens is 4. The first-order valence-electron chi connectivity index (χ1n) is 13.6. The summed E-state index contributed by atoms with van der Waals surface area (Å²) in [5, 5.41) is 13.1. The maximum absolute atomic E-state index is 13.8. The molecule has 0 radical (unpaired) electrons. The molecule has 0 unspecified atom stereocenters. The highest BCUT2D eigenvalue weighted by Gasteiger charge is 2.37. The number of hydrogen-bond acceptors (Lipinski definition) is 9. The Balaban J connectivity index is 1.24. The van der Waals surface area contributed by atoms with Gasteiger partial charge in [-0.15, -0.1) is 0 Å². The fourth-order valence-corrected chi connectivity index (χ4v) is 5.27. The van der Waals surface area contributed by atoms with Crippen LogP contribution in [0.4, 0.5) is 5.82 Å². The molecule has 4 heterocycles. The number of nitrogens with one attached hydrogen (secondary N) is 1. The normalized spacial score (nSPS) is 16.1. The van der Waals surface area contributed by atoms with Gasteiger partial charge in [0.2, 0.25) is 0 Å². The third kappa shape index (κ3) is 5.11. The molecule has 0 atom stereocenters. The lowest BCUT2D eigenvalue weighted by Gasteiger charge is -2.40. The van der Waals surface area contributed by atoms with Crippen molar-refractivity contribution in [1.29, 1.82) is 5.26 Å². The fourth-order valence-electron chi connectivity index (χ4n) is 5.27. The van der Waals surface area contributed by atoms with Crippen molar-refractivity contribution >= 4 is 22.9 Å². The van der Waals surface area contributed by atoms with Gasteiger partial charge in [0.05, 0.1) is 31.0 Å². The molecular formula is C30H30N8O4. The first-order chi connectivity index (χ1) is 20.2. The van der Waals surface area contributed by atoms with Gasteiger partial charge in [-0.2, -0.15) is 5.26 Å². The summed E-state index contributed by atoms with van der Waals surface area (Å²) >= 11 is 0. The highest BCUT2D eigenvalue weighted by Crippen LogP contribution is 2.29. The Bertz CT molecular complexity index is 1760.